The smallest absolute Gasteiger partial charge is 0.237 e. The van der Waals surface area contributed by atoms with E-state index in [4.69, 9.17) is 5.73 Å². The number of hydrogen-bond acceptors (Lipinski definition) is 3. The predicted octanol–water partition coefficient (Wildman–Crippen LogP) is 0.609. The van der Waals surface area contributed by atoms with E-state index in [0.29, 0.717) is 12.1 Å². The molecule has 2 atom stereocenters. The van der Waals surface area contributed by atoms with Crippen LogP contribution in [0.25, 0.3) is 0 Å². The van der Waals surface area contributed by atoms with Crippen LogP contribution in [0.3, 0.4) is 0 Å². The molecule has 2 unspecified atom stereocenters. The summed E-state index contributed by atoms with van der Waals surface area (Å²) in [6, 6.07) is 1.86. The first kappa shape index (κ1) is 11.5. The highest BCUT2D eigenvalue weighted by Crippen LogP contribution is 2.39. The Labute approximate surface area is 103 Å². The normalized spacial score (nSPS) is 37.6. The third kappa shape index (κ3) is 2.20. The van der Waals surface area contributed by atoms with Crippen LogP contribution in [0.15, 0.2) is 0 Å². The molecule has 0 aromatic rings. The Morgan fingerprint density at radius 2 is 1.94 bits per heavy atom. The number of carbonyl (C=O) groups is 1. The third-order valence-corrected chi connectivity index (χ3v) is 4.72. The van der Waals surface area contributed by atoms with Gasteiger partial charge in [0, 0.05) is 18.1 Å². The van der Waals surface area contributed by atoms with E-state index in [1.54, 1.807) is 0 Å². The fourth-order valence-corrected chi connectivity index (χ4v) is 3.19. The molecule has 3 saturated carbocycles. The highest BCUT2D eigenvalue weighted by atomic mass is 16.1. The molecule has 0 heterocycles. The largest absolute Gasteiger partial charge is 0.368 e. The highest BCUT2D eigenvalue weighted by Gasteiger charge is 2.48. The Morgan fingerprint density at radius 1 is 1.24 bits per heavy atom. The lowest BCUT2D eigenvalue weighted by atomic mass is 9.96. The van der Waals surface area contributed by atoms with Crippen molar-refractivity contribution in [3.8, 4) is 0 Å². The quantitative estimate of drug-likeness (QED) is 0.736. The van der Waals surface area contributed by atoms with Gasteiger partial charge in [-0.1, -0.05) is 0 Å². The van der Waals surface area contributed by atoms with E-state index in [2.05, 4.69) is 17.3 Å². The lowest BCUT2D eigenvalue weighted by Gasteiger charge is -2.29. The maximum absolute atomic E-state index is 11.8. The zero-order valence-corrected chi connectivity index (χ0v) is 10.6. The van der Waals surface area contributed by atoms with Gasteiger partial charge in [-0.15, -0.1) is 0 Å². The summed E-state index contributed by atoms with van der Waals surface area (Å²) >= 11 is 0. The maximum Gasteiger partial charge on any atom is 0.237 e. The molecule has 3 rings (SSSR count). The van der Waals surface area contributed by atoms with E-state index in [1.165, 1.54) is 25.7 Å². The van der Waals surface area contributed by atoms with Crippen LogP contribution in [-0.2, 0) is 4.79 Å². The maximum atomic E-state index is 11.8. The first-order chi connectivity index (χ1) is 8.11. The van der Waals surface area contributed by atoms with Crippen LogP contribution in [0.5, 0.6) is 0 Å². The first-order valence-electron chi connectivity index (χ1n) is 6.90. The van der Waals surface area contributed by atoms with Gasteiger partial charge in [-0.05, 0) is 52.0 Å². The number of hydrogen-bond donors (Lipinski definition) is 2. The van der Waals surface area contributed by atoms with Crippen LogP contribution >= 0.6 is 0 Å². The molecule has 0 aliphatic heterocycles. The van der Waals surface area contributed by atoms with Gasteiger partial charge in [0.1, 0.15) is 0 Å². The molecule has 0 spiro atoms. The molecule has 0 aromatic heterocycles. The van der Waals surface area contributed by atoms with Gasteiger partial charge in [-0.3, -0.25) is 4.79 Å². The molecular formula is C13H23N3O. The molecule has 3 aliphatic rings. The van der Waals surface area contributed by atoms with E-state index in [0.717, 1.165) is 25.3 Å². The number of primary amides is 1. The Bertz CT molecular complexity index is 325. The van der Waals surface area contributed by atoms with E-state index in [9.17, 15) is 4.79 Å². The van der Waals surface area contributed by atoms with E-state index >= 15 is 0 Å². The Morgan fingerprint density at radius 3 is 2.47 bits per heavy atom. The van der Waals surface area contributed by atoms with Gasteiger partial charge in [0.2, 0.25) is 5.91 Å². The number of nitrogens with zero attached hydrogens (tertiary/aromatic N) is 1. The van der Waals surface area contributed by atoms with Crippen molar-refractivity contribution >= 4 is 5.91 Å². The van der Waals surface area contributed by atoms with Gasteiger partial charge in [0.05, 0.1) is 5.54 Å². The number of amides is 1. The molecule has 0 radical (unpaired) electrons. The van der Waals surface area contributed by atoms with Gasteiger partial charge in [-0.2, -0.15) is 0 Å². The molecule has 3 N–H and O–H groups in total. The van der Waals surface area contributed by atoms with Crippen molar-refractivity contribution in [2.24, 2.45) is 5.73 Å². The summed E-state index contributed by atoms with van der Waals surface area (Å²) in [6.07, 6.45) is 8.00. The van der Waals surface area contributed by atoms with Crippen molar-refractivity contribution in [3.63, 3.8) is 0 Å². The number of nitrogens with one attached hydrogen (secondary N) is 1. The molecule has 4 heteroatoms. The third-order valence-electron chi connectivity index (χ3n) is 4.72. The zero-order chi connectivity index (χ0) is 12.0. The summed E-state index contributed by atoms with van der Waals surface area (Å²) in [5.41, 5.74) is 5.24. The molecule has 17 heavy (non-hydrogen) atoms. The lowest BCUT2D eigenvalue weighted by Crippen LogP contribution is -2.55. The van der Waals surface area contributed by atoms with Crippen molar-refractivity contribution in [1.29, 1.82) is 0 Å². The standard InChI is InChI=1S/C13H23N3O/c1-16(10-4-5-10)11-6-7-13(8-11,12(14)17)15-9-2-3-9/h9-11,15H,2-8H2,1H3,(H2,14,17). The van der Waals surface area contributed by atoms with E-state index < -0.39 is 5.54 Å². The summed E-state index contributed by atoms with van der Waals surface area (Å²) in [4.78, 5) is 14.3. The van der Waals surface area contributed by atoms with Crippen LogP contribution in [-0.4, -0.2) is 41.5 Å². The number of carbonyl (C=O) groups excluding carboxylic acids is 1. The van der Waals surface area contributed by atoms with Crippen LogP contribution in [0.4, 0.5) is 0 Å². The fraction of sp³-hybridized carbons (Fsp3) is 0.923. The minimum Gasteiger partial charge on any atom is -0.368 e. The van der Waals surface area contributed by atoms with Crippen molar-refractivity contribution in [1.82, 2.24) is 10.2 Å². The number of rotatable bonds is 5. The summed E-state index contributed by atoms with van der Waals surface area (Å²) in [5.74, 6) is -0.143. The molecule has 0 bridgehead atoms. The SMILES string of the molecule is CN(C1CC1)C1CCC(NC2CC2)(C(N)=O)C1. The summed E-state index contributed by atoms with van der Waals surface area (Å²) in [5, 5.41) is 3.51. The molecule has 0 aromatic carbocycles. The second-order valence-electron chi connectivity index (χ2n) is 6.16. The van der Waals surface area contributed by atoms with Gasteiger partial charge in [0.25, 0.3) is 0 Å². The molecule has 1 amide bonds. The fourth-order valence-electron chi connectivity index (χ4n) is 3.19. The van der Waals surface area contributed by atoms with Crippen LogP contribution in [0, 0.1) is 0 Å². The van der Waals surface area contributed by atoms with Gasteiger partial charge in [-0.25, -0.2) is 0 Å². The van der Waals surface area contributed by atoms with Crippen LogP contribution < -0.4 is 11.1 Å². The molecule has 3 fully saturated rings. The van der Waals surface area contributed by atoms with Gasteiger partial charge >= 0.3 is 0 Å². The zero-order valence-electron chi connectivity index (χ0n) is 10.6. The Hall–Kier alpha value is -0.610. The average Bonchev–Trinajstić information content (AvgIpc) is 3.17. The van der Waals surface area contributed by atoms with Crippen LogP contribution in [0.2, 0.25) is 0 Å². The van der Waals surface area contributed by atoms with Gasteiger partial charge < -0.3 is 16.0 Å². The number of nitrogens with two attached hydrogens (primary N) is 1. The molecule has 3 aliphatic carbocycles. The van der Waals surface area contributed by atoms with Gasteiger partial charge in [0.15, 0.2) is 0 Å². The summed E-state index contributed by atoms with van der Waals surface area (Å²) in [7, 11) is 2.20. The van der Waals surface area contributed by atoms with Crippen molar-refractivity contribution in [2.75, 3.05) is 7.05 Å². The minimum absolute atomic E-state index is 0.143. The molecule has 4 nitrogen and oxygen atoms in total. The Kier molecular flexibility index (Phi) is 2.67. The second-order valence-corrected chi connectivity index (χ2v) is 6.16. The molecular weight excluding hydrogens is 214 g/mol. The average molecular weight is 237 g/mol. The summed E-state index contributed by atoms with van der Waals surface area (Å²) < 4.78 is 0. The van der Waals surface area contributed by atoms with Crippen molar-refractivity contribution in [2.45, 2.75) is 68.6 Å². The molecule has 96 valence electrons. The van der Waals surface area contributed by atoms with Crippen LogP contribution in [0.1, 0.15) is 44.9 Å². The predicted molar refractivity (Wildman–Crippen MR) is 66.5 cm³/mol. The first-order valence-corrected chi connectivity index (χ1v) is 6.90. The van der Waals surface area contributed by atoms with E-state index in [-0.39, 0.29) is 5.91 Å². The van der Waals surface area contributed by atoms with Crippen molar-refractivity contribution in [3.05, 3.63) is 0 Å². The van der Waals surface area contributed by atoms with Crippen molar-refractivity contribution < 1.29 is 4.79 Å². The monoisotopic (exact) mass is 237 g/mol. The van der Waals surface area contributed by atoms with E-state index in [1.807, 2.05) is 0 Å². The summed E-state index contributed by atoms with van der Waals surface area (Å²) in [6.45, 7) is 0. The Balaban J connectivity index is 1.66. The lowest BCUT2D eigenvalue weighted by molar-refractivity contribution is -0.124. The minimum atomic E-state index is -0.408. The topological polar surface area (TPSA) is 58.4 Å². The highest BCUT2D eigenvalue weighted by molar-refractivity contribution is 5.85. The second kappa shape index (κ2) is 3.95. The molecule has 0 saturated heterocycles.